The smallest absolute Gasteiger partial charge is 0.274 e. The van der Waals surface area contributed by atoms with E-state index in [1.165, 1.54) is 48.3 Å². The molecule has 0 bridgehead atoms. The van der Waals surface area contributed by atoms with E-state index in [-0.39, 0.29) is 28.0 Å². The Balaban J connectivity index is 1.67. The van der Waals surface area contributed by atoms with Crippen molar-refractivity contribution in [3.63, 3.8) is 0 Å². The number of hydrogen-bond donors (Lipinski definition) is 2. The number of amidine groups is 1. The Labute approximate surface area is 186 Å². The average molecular weight is 462 g/mol. The molecule has 1 amide bonds. The van der Waals surface area contributed by atoms with Crippen molar-refractivity contribution in [3.8, 4) is 6.07 Å². The predicted octanol–water partition coefficient (Wildman–Crippen LogP) is 4.42. The predicted molar refractivity (Wildman–Crippen MR) is 116 cm³/mol. The lowest BCUT2D eigenvalue weighted by molar-refractivity contribution is 0.102. The number of carbonyl (C=O) groups excluding carboxylic acids is 1. The lowest BCUT2D eigenvalue weighted by Crippen LogP contribution is -2.40. The Bertz CT molecular complexity index is 1110. The zero-order chi connectivity index (χ0) is 22.2. The van der Waals surface area contributed by atoms with E-state index in [0.717, 1.165) is 0 Å². The van der Waals surface area contributed by atoms with Crippen LogP contribution in [-0.4, -0.2) is 27.5 Å². The van der Waals surface area contributed by atoms with Gasteiger partial charge in [-0.2, -0.15) is 5.26 Å². The van der Waals surface area contributed by atoms with Crippen LogP contribution in [0.3, 0.4) is 0 Å². The summed E-state index contributed by atoms with van der Waals surface area (Å²) in [6.07, 6.45) is 2.75. The summed E-state index contributed by atoms with van der Waals surface area (Å²) in [6.45, 7) is -0.944. The number of amides is 1. The quantitative estimate of drug-likeness (QED) is 0.662. The summed E-state index contributed by atoms with van der Waals surface area (Å²) in [4.78, 5) is 20.8. The van der Waals surface area contributed by atoms with Crippen molar-refractivity contribution >= 4 is 40.1 Å². The van der Waals surface area contributed by atoms with Crippen LogP contribution in [0.5, 0.6) is 0 Å². The molecule has 1 aliphatic carbocycles. The Kier molecular flexibility index (Phi) is 5.62. The first-order valence-electron chi connectivity index (χ1n) is 9.54. The standard InChI is InChI=1S/C21H18ClF2N5OS/c22-12-2-5-16(27-10-12)18(30)28-13-3-4-15(24)14(8-13)21(11-23)17-9-20(17,6-1-7-25)31-19(26)29-21/h2-5,8,10,17H,1,6,9,11H2,(H2,26,29)(H,28,30)/t17-,20+,21-/m1/s1. The van der Waals surface area contributed by atoms with E-state index in [0.29, 0.717) is 24.3 Å². The summed E-state index contributed by atoms with van der Waals surface area (Å²) < 4.78 is 29.0. The van der Waals surface area contributed by atoms with E-state index in [9.17, 15) is 13.6 Å². The zero-order valence-electron chi connectivity index (χ0n) is 16.2. The van der Waals surface area contributed by atoms with Gasteiger partial charge in [-0.3, -0.25) is 4.79 Å². The van der Waals surface area contributed by atoms with Crippen molar-refractivity contribution in [2.75, 3.05) is 12.0 Å². The number of thioether (sulfide) groups is 1. The van der Waals surface area contributed by atoms with Gasteiger partial charge in [0.1, 0.15) is 23.7 Å². The molecule has 0 saturated heterocycles. The second-order valence-electron chi connectivity index (χ2n) is 7.60. The molecule has 2 aliphatic rings. The lowest BCUT2D eigenvalue weighted by atomic mass is 9.84. The summed E-state index contributed by atoms with van der Waals surface area (Å²) in [6, 6.07) is 9.05. The van der Waals surface area contributed by atoms with E-state index in [2.05, 4.69) is 21.4 Å². The molecule has 1 fully saturated rings. The van der Waals surface area contributed by atoms with Crippen molar-refractivity contribution in [2.24, 2.45) is 16.6 Å². The molecular formula is C21H18ClF2N5OS. The Hall–Kier alpha value is -2.70. The van der Waals surface area contributed by atoms with Crippen LogP contribution in [-0.2, 0) is 5.54 Å². The largest absolute Gasteiger partial charge is 0.378 e. The van der Waals surface area contributed by atoms with Gasteiger partial charge in [0.25, 0.3) is 5.91 Å². The van der Waals surface area contributed by atoms with E-state index in [1.807, 2.05) is 0 Å². The van der Waals surface area contributed by atoms with Gasteiger partial charge in [0.05, 0.1) is 11.1 Å². The summed E-state index contributed by atoms with van der Waals surface area (Å²) in [7, 11) is 0. The molecule has 160 valence electrons. The number of nitrogens with one attached hydrogen (secondary N) is 1. The molecule has 1 aliphatic heterocycles. The Morgan fingerprint density at radius 1 is 1.42 bits per heavy atom. The molecule has 3 atom stereocenters. The number of nitrogens with zero attached hydrogens (tertiary/aromatic N) is 3. The van der Waals surface area contributed by atoms with Gasteiger partial charge < -0.3 is 11.1 Å². The maximum Gasteiger partial charge on any atom is 0.274 e. The van der Waals surface area contributed by atoms with Crippen LogP contribution in [0.1, 0.15) is 35.3 Å². The Morgan fingerprint density at radius 2 is 2.23 bits per heavy atom. The highest BCUT2D eigenvalue weighted by molar-refractivity contribution is 8.15. The number of aliphatic imine (C=N–C) groups is 1. The molecular weight excluding hydrogens is 444 g/mol. The minimum atomic E-state index is -1.49. The fourth-order valence-corrected chi connectivity index (χ4v) is 5.72. The molecule has 10 heteroatoms. The van der Waals surface area contributed by atoms with Crippen molar-refractivity contribution in [2.45, 2.75) is 29.5 Å². The van der Waals surface area contributed by atoms with Gasteiger partial charge in [-0.15, -0.1) is 0 Å². The molecule has 1 saturated carbocycles. The Morgan fingerprint density at radius 3 is 2.90 bits per heavy atom. The van der Waals surface area contributed by atoms with Crippen LogP contribution in [0.4, 0.5) is 14.5 Å². The monoisotopic (exact) mass is 461 g/mol. The van der Waals surface area contributed by atoms with E-state index in [4.69, 9.17) is 22.6 Å². The summed E-state index contributed by atoms with van der Waals surface area (Å²) in [5, 5.41) is 12.2. The minimum Gasteiger partial charge on any atom is -0.378 e. The number of benzene rings is 1. The molecule has 6 nitrogen and oxygen atoms in total. The topological polar surface area (TPSA) is 104 Å². The number of halogens is 3. The van der Waals surface area contributed by atoms with Gasteiger partial charge in [-0.1, -0.05) is 23.4 Å². The van der Waals surface area contributed by atoms with Crippen LogP contribution >= 0.6 is 23.4 Å². The minimum absolute atomic E-state index is 0.0314. The van der Waals surface area contributed by atoms with Crippen LogP contribution in [0.2, 0.25) is 5.02 Å². The van der Waals surface area contributed by atoms with Crippen molar-refractivity contribution < 1.29 is 13.6 Å². The third-order valence-electron chi connectivity index (χ3n) is 5.73. The molecule has 2 heterocycles. The average Bonchev–Trinajstić information content (AvgIpc) is 3.48. The summed E-state index contributed by atoms with van der Waals surface area (Å²) in [5.74, 6) is -1.45. The number of rotatable bonds is 6. The first-order valence-corrected chi connectivity index (χ1v) is 10.7. The number of alkyl halides is 1. The van der Waals surface area contributed by atoms with Crippen LogP contribution in [0, 0.1) is 23.1 Å². The number of fused-ring (bicyclic) bond motifs is 1. The molecule has 0 spiro atoms. The summed E-state index contributed by atoms with van der Waals surface area (Å²) >= 11 is 7.12. The first kappa shape index (κ1) is 21.5. The maximum absolute atomic E-state index is 14.9. The lowest BCUT2D eigenvalue weighted by Gasteiger charge is -2.35. The number of pyridine rings is 1. The molecule has 1 aromatic carbocycles. The third kappa shape index (κ3) is 3.86. The number of nitrogens with two attached hydrogens (primary N) is 1. The number of carbonyl (C=O) groups is 1. The van der Waals surface area contributed by atoms with Gasteiger partial charge in [-0.05, 0) is 43.2 Å². The van der Waals surface area contributed by atoms with Crippen molar-refractivity contribution in [1.29, 1.82) is 5.26 Å². The molecule has 1 aromatic heterocycles. The van der Waals surface area contributed by atoms with E-state index >= 15 is 0 Å². The highest BCUT2D eigenvalue weighted by Gasteiger charge is 2.67. The van der Waals surface area contributed by atoms with Crippen molar-refractivity contribution in [1.82, 2.24) is 4.98 Å². The van der Waals surface area contributed by atoms with Gasteiger partial charge in [0, 0.05) is 34.5 Å². The number of anilines is 1. The van der Waals surface area contributed by atoms with Crippen molar-refractivity contribution in [3.05, 3.63) is 58.6 Å². The fourth-order valence-electron chi connectivity index (χ4n) is 4.19. The van der Waals surface area contributed by atoms with Gasteiger partial charge in [-0.25, -0.2) is 18.8 Å². The van der Waals surface area contributed by atoms with Crippen LogP contribution < -0.4 is 11.1 Å². The van der Waals surface area contributed by atoms with Crippen LogP contribution in [0.15, 0.2) is 41.5 Å². The zero-order valence-corrected chi connectivity index (χ0v) is 17.8. The fraction of sp³-hybridized carbons (Fsp3) is 0.333. The normalized spacial score (nSPS) is 26.4. The molecule has 2 aromatic rings. The van der Waals surface area contributed by atoms with Gasteiger partial charge in [0.2, 0.25) is 0 Å². The van der Waals surface area contributed by atoms with Gasteiger partial charge in [0.15, 0.2) is 5.17 Å². The third-order valence-corrected chi connectivity index (χ3v) is 7.32. The molecule has 4 rings (SSSR count). The molecule has 0 unspecified atom stereocenters. The second kappa shape index (κ2) is 8.09. The highest BCUT2D eigenvalue weighted by atomic mass is 35.5. The van der Waals surface area contributed by atoms with Crippen LogP contribution in [0.25, 0.3) is 0 Å². The van der Waals surface area contributed by atoms with Gasteiger partial charge >= 0.3 is 0 Å². The number of nitriles is 1. The second-order valence-corrected chi connectivity index (χ2v) is 9.47. The van der Waals surface area contributed by atoms with E-state index in [1.54, 1.807) is 0 Å². The first-order chi connectivity index (χ1) is 14.8. The van der Waals surface area contributed by atoms with E-state index < -0.39 is 28.7 Å². The SMILES string of the molecule is N#CCC[C@]12C[C@H]1[C@@](CF)(c1cc(NC(=O)c3ccc(Cl)cn3)ccc1F)N=C(N)S2. The maximum atomic E-state index is 14.9. The number of hydrogen-bond acceptors (Lipinski definition) is 6. The molecule has 0 radical (unpaired) electrons. The highest BCUT2D eigenvalue weighted by Crippen LogP contribution is 2.68. The number of aromatic nitrogens is 1. The molecule has 31 heavy (non-hydrogen) atoms. The summed E-state index contributed by atoms with van der Waals surface area (Å²) in [5.41, 5.74) is 4.95. The molecule has 3 N–H and O–H groups in total.